The summed E-state index contributed by atoms with van der Waals surface area (Å²) in [7, 11) is 2.17. The Bertz CT molecular complexity index is 1400. The number of nitrogens with one attached hydrogen (secondary N) is 1. The summed E-state index contributed by atoms with van der Waals surface area (Å²) in [6.45, 7) is 36.1. The number of anilines is 1. The topological polar surface area (TPSA) is 18.5 Å². The maximum Gasteiger partial charge on any atom is 0.0373 e. The van der Waals surface area contributed by atoms with Crippen LogP contribution in [0.3, 0.4) is 0 Å². The molecule has 1 N–H and O–H groups in total. The zero-order valence-electron chi connectivity index (χ0n) is 41.0. The Morgan fingerprint density at radius 1 is 0.678 bits per heavy atom. The molecule has 0 aliphatic heterocycles. The lowest BCUT2D eigenvalue weighted by Crippen LogP contribution is -2.21. The van der Waals surface area contributed by atoms with Crippen molar-refractivity contribution in [2.24, 2.45) is 0 Å². The van der Waals surface area contributed by atoms with E-state index >= 15 is 0 Å². The first-order valence-electron chi connectivity index (χ1n) is 24.2. The van der Waals surface area contributed by atoms with Crippen molar-refractivity contribution in [2.75, 3.05) is 44.7 Å². The van der Waals surface area contributed by atoms with Crippen molar-refractivity contribution in [3.63, 3.8) is 0 Å². The van der Waals surface area contributed by atoms with Gasteiger partial charge in [-0.1, -0.05) is 205 Å². The van der Waals surface area contributed by atoms with E-state index in [1.807, 2.05) is 34.6 Å². The van der Waals surface area contributed by atoms with Gasteiger partial charge in [-0.15, -0.1) is 6.58 Å². The van der Waals surface area contributed by atoms with Gasteiger partial charge in [0, 0.05) is 43.6 Å². The van der Waals surface area contributed by atoms with Crippen LogP contribution in [0, 0.1) is 6.92 Å². The van der Waals surface area contributed by atoms with Crippen LogP contribution in [-0.4, -0.2) is 44.7 Å². The number of rotatable bonds is 25. The van der Waals surface area contributed by atoms with Gasteiger partial charge in [-0.3, -0.25) is 0 Å². The Balaban J connectivity index is 0. The molecule has 0 saturated carbocycles. The minimum Gasteiger partial charge on any atom is -0.372 e. The van der Waals surface area contributed by atoms with Crippen molar-refractivity contribution in [3.05, 3.63) is 126 Å². The molecule has 0 aromatic heterocycles. The number of aryl methyl sites for hydroxylation is 1. The molecule has 2 aromatic rings. The minimum absolute atomic E-state index is 0.870. The van der Waals surface area contributed by atoms with Crippen LogP contribution in [0.2, 0.25) is 0 Å². The van der Waals surface area contributed by atoms with E-state index < -0.39 is 0 Å². The van der Waals surface area contributed by atoms with E-state index in [9.17, 15) is 0 Å². The van der Waals surface area contributed by atoms with Gasteiger partial charge in [0.05, 0.1) is 0 Å². The first-order valence-corrected chi connectivity index (χ1v) is 24.2. The lowest BCUT2D eigenvalue weighted by Gasteiger charge is -2.26. The summed E-state index contributed by atoms with van der Waals surface area (Å²) in [6.07, 6.45) is 36.0. The molecular formula is C56H95N3. The third-order valence-corrected chi connectivity index (χ3v) is 10.3. The summed E-state index contributed by atoms with van der Waals surface area (Å²) in [5, 5.41) is 3.11. The molecule has 1 aliphatic carbocycles. The largest absolute Gasteiger partial charge is 0.372 e. The molecule has 0 atom stereocenters. The van der Waals surface area contributed by atoms with E-state index in [2.05, 4.69) is 156 Å². The Morgan fingerprint density at radius 2 is 1.17 bits per heavy atom. The number of allylic oxidation sites excluding steroid dienone is 7. The highest BCUT2D eigenvalue weighted by molar-refractivity contribution is 5.91. The van der Waals surface area contributed by atoms with E-state index in [0.717, 1.165) is 44.8 Å². The average Bonchev–Trinajstić information content (AvgIpc) is 3.27. The summed E-state index contributed by atoms with van der Waals surface area (Å²) in [6, 6.07) is 15.8. The molecule has 334 valence electrons. The molecule has 0 fully saturated rings. The standard InChI is InChI=1S/C45H66N2.C4H11N.C3H6.2C2H6/c1-7-10-11-12-13-14-15-16-17-18-19-20-21-22-23-29-36-46(6)39(5)43-32-27-28-33-44(43)45(40-30-25-24-26-31-40)42-35-34-41(37-38(42)4)47(8-2)9-3;1-3-5-4-2;1-3-2;2*1-2/h23,25-35,37H,5,7-22,24,36H2,1-4,6H3;5H,3-4H2,1-2H3;3H,1H2,2H3;2*1-2H3/b29-23+;;;;. The maximum atomic E-state index is 4.61. The molecule has 1 aliphatic rings. The van der Waals surface area contributed by atoms with Crippen LogP contribution in [0.25, 0.3) is 11.3 Å². The minimum atomic E-state index is 0.870. The first-order chi connectivity index (χ1) is 28.8. The lowest BCUT2D eigenvalue weighted by atomic mass is 9.85. The molecule has 0 radical (unpaired) electrons. The fraction of sp³-hybridized carbons (Fsp3) is 0.571. The number of hydrogen-bond acceptors (Lipinski definition) is 3. The Hall–Kier alpha value is -3.56. The number of unbranched alkanes of at least 4 members (excludes halogenated alkanes) is 13. The van der Waals surface area contributed by atoms with Crippen molar-refractivity contribution in [1.29, 1.82) is 0 Å². The second kappa shape index (κ2) is 41.2. The van der Waals surface area contributed by atoms with Crippen molar-refractivity contribution >= 4 is 17.0 Å². The van der Waals surface area contributed by atoms with Gasteiger partial charge in [-0.2, -0.15) is 0 Å². The average molecular weight is 810 g/mol. The van der Waals surface area contributed by atoms with E-state index in [0.29, 0.717) is 0 Å². The van der Waals surface area contributed by atoms with Crippen LogP contribution < -0.4 is 10.2 Å². The summed E-state index contributed by atoms with van der Waals surface area (Å²) in [5.41, 5.74) is 9.91. The quantitative estimate of drug-likeness (QED) is 0.0796. The second-order valence-electron chi connectivity index (χ2n) is 14.8. The molecule has 59 heavy (non-hydrogen) atoms. The molecular weight excluding hydrogens is 715 g/mol. The van der Waals surface area contributed by atoms with E-state index in [4.69, 9.17) is 0 Å². The first kappa shape index (κ1) is 57.5. The van der Waals surface area contributed by atoms with Crippen LogP contribution in [0.1, 0.15) is 188 Å². The summed E-state index contributed by atoms with van der Waals surface area (Å²) in [5.74, 6) is 0. The SMILES string of the molecule is C=C(c1ccccc1C(=C1C=CCC=C1)c1ccc(N(CC)CC)cc1C)N(C)C/C=C/CCCCCCCCCCCCCCC.C=CC.CC.CC.CCNCC. The van der Waals surface area contributed by atoms with Crippen LogP contribution in [0.5, 0.6) is 0 Å². The van der Waals surface area contributed by atoms with Gasteiger partial charge in [0.2, 0.25) is 0 Å². The van der Waals surface area contributed by atoms with Crippen molar-refractivity contribution in [1.82, 2.24) is 10.2 Å². The van der Waals surface area contributed by atoms with Gasteiger partial charge in [0.1, 0.15) is 0 Å². The van der Waals surface area contributed by atoms with E-state index in [1.54, 1.807) is 6.08 Å². The number of hydrogen-bond donors (Lipinski definition) is 1. The number of likely N-dealkylation sites (N-methyl/N-ethyl adjacent to an activating group) is 1. The second-order valence-corrected chi connectivity index (χ2v) is 14.8. The predicted molar refractivity (Wildman–Crippen MR) is 274 cm³/mol. The third kappa shape index (κ3) is 25.6. The molecule has 3 rings (SSSR count). The maximum absolute atomic E-state index is 4.61. The van der Waals surface area contributed by atoms with Crippen LogP contribution in [0.15, 0.2) is 104 Å². The molecule has 3 nitrogen and oxygen atoms in total. The van der Waals surface area contributed by atoms with Gasteiger partial charge in [0.15, 0.2) is 0 Å². The smallest absolute Gasteiger partial charge is 0.0373 e. The Kier molecular flexibility index (Phi) is 40.2. The van der Waals surface area contributed by atoms with Gasteiger partial charge < -0.3 is 15.1 Å². The van der Waals surface area contributed by atoms with Gasteiger partial charge in [-0.25, -0.2) is 0 Å². The van der Waals surface area contributed by atoms with Gasteiger partial charge >= 0.3 is 0 Å². The van der Waals surface area contributed by atoms with Crippen molar-refractivity contribution in [2.45, 2.75) is 172 Å². The lowest BCUT2D eigenvalue weighted by molar-refractivity contribution is 0.534. The van der Waals surface area contributed by atoms with E-state index in [1.165, 1.54) is 129 Å². The highest BCUT2D eigenvalue weighted by Crippen LogP contribution is 2.37. The summed E-state index contributed by atoms with van der Waals surface area (Å²) in [4.78, 5) is 4.71. The highest BCUT2D eigenvalue weighted by Gasteiger charge is 2.19. The van der Waals surface area contributed by atoms with Crippen molar-refractivity contribution < 1.29 is 0 Å². The van der Waals surface area contributed by atoms with Crippen LogP contribution in [-0.2, 0) is 0 Å². The zero-order valence-corrected chi connectivity index (χ0v) is 41.0. The fourth-order valence-electron chi connectivity index (χ4n) is 7.01. The summed E-state index contributed by atoms with van der Waals surface area (Å²) >= 11 is 0. The third-order valence-electron chi connectivity index (χ3n) is 10.3. The molecule has 0 saturated heterocycles. The molecule has 0 bridgehead atoms. The van der Waals surface area contributed by atoms with E-state index in [-0.39, 0.29) is 0 Å². The highest BCUT2D eigenvalue weighted by atomic mass is 15.1. The number of benzene rings is 2. The van der Waals surface area contributed by atoms with Crippen molar-refractivity contribution in [3.8, 4) is 0 Å². The monoisotopic (exact) mass is 810 g/mol. The molecule has 3 heteroatoms. The van der Waals surface area contributed by atoms with Crippen LogP contribution >= 0.6 is 0 Å². The normalized spacial score (nSPS) is 11.2. The van der Waals surface area contributed by atoms with Gasteiger partial charge in [0.25, 0.3) is 0 Å². The number of nitrogens with zero attached hydrogens (tertiary/aromatic N) is 2. The Morgan fingerprint density at radius 3 is 1.63 bits per heavy atom. The molecule has 0 heterocycles. The molecule has 0 amide bonds. The fourth-order valence-corrected chi connectivity index (χ4v) is 7.01. The Labute approximate surface area is 368 Å². The molecule has 2 aromatic carbocycles. The zero-order chi connectivity index (χ0) is 44.5. The molecule has 0 unspecified atom stereocenters. The van der Waals surface area contributed by atoms with Gasteiger partial charge in [-0.05, 0) is 100 Å². The predicted octanol–water partition coefficient (Wildman–Crippen LogP) is 17.0. The van der Waals surface area contributed by atoms with Crippen LogP contribution in [0.4, 0.5) is 5.69 Å². The summed E-state index contributed by atoms with van der Waals surface area (Å²) < 4.78 is 0. The molecule has 0 spiro atoms.